The number of benzene rings is 1. The zero-order valence-electron chi connectivity index (χ0n) is 17.2. The summed E-state index contributed by atoms with van der Waals surface area (Å²) in [6.45, 7) is 0.949. The van der Waals surface area contributed by atoms with E-state index in [-0.39, 0.29) is 22.0 Å². The van der Waals surface area contributed by atoms with Crippen molar-refractivity contribution in [2.75, 3.05) is 18.5 Å². The van der Waals surface area contributed by atoms with Gasteiger partial charge in [0.15, 0.2) is 26.8 Å². The number of thiazole rings is 1. The third kappa shape index (κ3) is 4.79. The van der Waals surface area contributed by atoms with Gasteiger partial charge in [-0.05, 0) is 25.0 Å². The minimum Gasteiger partial charge on any atom is -0.389 e. The normalized spacial score (nSPS) is 18.9. The number of oxime groups is 1. The lowest BCUT2D eigenvalue weighted by Crippen LogP contribution is -2.25. The molecule has 11 nitrogen and oxygen atoms in total. The van der Waals surface area contributed by atoms with Crippen LogP contribution in [0.15, 0.2) is 51.4 Å². The first kappa shape index (κ1) is 21.7. The summed E-state index contributed by atoms with van der Waals surface area (Å²) >= 11 is 1.17. The monoisotopic (exact) mass is 489 g/mol. The van der Waals surface area contributed by atoms with Crippen LogP contribution in [0.25, 0.3) is 10.7 Å². The molecule has 2 aromatic heterocycles. The lowest BCUT2D eigenvalue weighted by atomic mass is 10.1. The van der Waals surface area contributed by atoms with Crippen molar-refractivity contribution < 1.29 is 27.3 Å². The number of carbonyl (C=O) groups excluding carboxylic acids is 1. The second kappa shape index (κ2) is 9.00. The van der Waals surface area contributed by atoms with E-state index in [9.17, 15) is 13.2 Å². The Morgan fingerprint density at radius 2 is 2.00 bits per heavy atom. The Balaban J connectivity index is 1.38. The van der Waals surface area contributed by atoms with E-state index < -0.39 is 15.7 Å². The molecule has 1 N–H and O–H groups in total. The summed E-state index contributed by atoms with van der Waals surface area (Å²) in [6.07, 6.45) is 4.48. The summed E-state index contributed by atoms with van der Waals surface area (Å²) in [5.41, 5.74) is 0.407. The number of nitrogens with one attached hydrogen (secondary N) is 1. The van der Waals surface area contributed by atoms with Crippen molar-refractivity contribution >= 4 is 37.9 Å². The number of rotatable bonds is 8. The van der Waals surface area contributed by atoms with Crippen molar-refractivity contribution in [3.8, 4) is 10.7 Å². The summed E-state index contributed by atoms with van der Waals surface area (Å²) in [5.74, 6) is -0.195. The second-order valence-electron chi connectivity index (χ2n) is 7.54. The molecule has 1 aromatic carbocycles. The quantitative estimate of drug-likeness (QED) is 0.372. The van der Waals surface area contributed by atoms with Crippen LogP contribution in [-0.2, 0) is 24.2 Å². The number of hydrogen-bond acceptors (Lipinski definition) is 11. The van der Waals surface area contributed by atoms with E-state index in [4.69, 9.17) is 14.1 Å². The van der Waals surface area contributed by atoms with E-state index in [1.54, 1.807) is 12.1 Å². The zero-order valence-corrected chi connectivity index (χ0v) is 18.8. The Bertz CT molecular complexity index is 1260. The molecule has 0 spiro atoms. The van der Waals surface area contributed by atoms with Gasteiger partial charge in [-0.2, -0.15) is 4.98 Å². The Hall–Kier alpha value is -3.16. The molecule has 1 aliphatic carbocycles. The molecule has 172 valence electrons. The molecule has 5 rings (SSSR count). The fourth-order valence-electron chi connectivity index (χ4n) is 3.19. The Morgan fingerprint density at radius 3 is 2.67 bits per heavy atom. The van der Waals surface area contributed by atoms with Gasteiger partial charge < -0.3 is 14.1 Å². The summed E-state index contributed by atoms with van der Waals surface area (Å²) in [4.78, 5) is 27.5. The van der Waals surface area contributed by atoms with Crippen molar-refractivity contribution in [3.05, 3.63) is 42.4 Å². The summed E-state index contributed by atoms with van der Waals surface area (Å²) in [5, 5.41) is 10.5. The van der Waals surface area contributed by atoms with Crippen LogP contribution in [0.4, 0.5) is 5.13 Å². The zero-order chi connectivity index (χ0) is 22.8. The molecule has 1 saturated carbocycles. The fraction of sp³-hybridized carbons (Fsp3) is 0.350. The highest BCUT2D eigenvalue weighted by Crippen LogP contribution is 2.33. The lowest BCUT2D eigenvalue weighted by molar-refractivity contribution is -0.110. The number of aromatic nitrogens is 3. The van der Waals surface area contributed by atoms with Crippen LogP contribution in [0.2, 0.25) is 0 Å². The van der Waals surface area contributed by atoms with Crippen molar-refractivity contribution in [1.29, 1.82) is 0 Å². The van der Waals surface area contributed by atoms with Gasteiger partial charge >= 0.3 is 0 Å². The minimum atomic E-state index is -3.34. The van der Waals surface area contributed by atoms with Gasteiger partial charge in [-0.15, -0.1) is 0 Å². The molecule has 3 heterocycles. The third-order valence-corrected chi connectivity index (χ3v) is 8.31. The Morgan fingerprint density at radius 1 is 1.18 bits per heavy atom. The molecule has 0 unspecified atom stereocenters. The molecule has 33 heavy (non-hydrogen) atoms. The van der Waals surface area contributed by atoms with E-state index in [2.05, 4.69) is 25.6 Å². The Kier molecular flexibility index (Phi) is 5.91. The van der Waals surface area contributed by atoms with Crippen molar-refractivity contribution in [2.45, 2.75) is 35.5 Å². The highest BCUT2D eigenvalue weighted by molar-refractivity contribution is 7.92. The van der Waals surface area contributed by atoms with Crippen molar-refractivity contribution in [2.24, 2.45) is 5.16 Å². The molecule has 1 aliphatic heterocycles. The van der Waals surface area contributed by atoms with Gasteiger partial charge in [0.2, 0.25) is 12.2 Å². The topological polar surface area (TPSA) is 146 Å². The number of carbonyl (C=O) groups is 1. The number of anilines is 1. The van der Waals surface area contributed by atoms with Crippen LogP contribution in [0.3, 0.4) is 0 Å². The first-order valence-electron chi connectivity index (χ1n) is 10.2. The number of amides is 1. The molecule has 1 atom stereocenters. The standard InChI is InChI=1S/C20H19N5O6S2/c26-19(23-20-21-9-16(32-20)18-22-11-30-25-18)17(24-31-13-7-8-29-10-13)12-1-3-14(4-2-12)33(27,28)15-5-6-15/h1-4,9,11,13,15H,5-8,10H2,(H,21,23,26)/b24-17+/t13-/m1/s1. The maximum Gasteiger partial charge on any atom is 0.280 e. The van der Waals surface area contributed by atoms with Gasteiger partial charge in [0.25, 0.3) is 5.91 Å². The average molecular weight is 490 g/mol. The molecular formula is C20H19N5O6S2. The van der Waals surface area contributed by atoms with Gasteiger partial charge in [0.1, 0.15) is 0 Å². The summed E-state index contributed by atoms with van der Waals surface area (Å²) in [6, 6.07) is 6.08. The van der Waals surface area contributed by atoms with E-state index in [0.717, 1.165) is 0 Å². The van der Waals surface area contributed by atoms with Crippen LogP contribution in [0.5, 0.6) is 0 Å². The number of nitrogens with zero attached hydrogens (tertiary/aromatic N) is 4. The minimum absolute atomic E-state index is 0.00594. The fourth-order valence-corrected chi connectivity index (χ4v) is 5.59. The highest BCUT2D eigenvalue weighted by Gasteiger charge is 2.36. The lowest BCUT2D eigenvalue weighted by Gasteiger charge is -2.10. The highest BCUT2D eigenvalue weighted by atomic mass is 32.2. The van der Waals surface area contributed by atoms with E-state index in [1.807, 2.05) is 0 Å². The molecule has 1 saturated heterocycles. The van der Waals surface area contributed by atoms with Crippen molar-refractivity contribution in [3.63, 3.8) is 0 Å². The van der Waals surface area contributed by atoms with Crippen LogP contribution in [0, 0.1) is 0 Å². The SMILES string of the molecule is O=C(Nc1ncc(-c2ncon2)s1)/C(=N/O[C@@H]1CCOC1)c1ccc(S(=O)(=O)C2CC2)cc1. The molecular weight excluding hydrogens is 470 g/mol. The molecule has 3 aromatic rings. The third-order valence-electron chi connectivity index (χ3n) is 5.12. The van der Waals surface area contributed by atoms with E-state index in [0.29, 0.717) is 53.9 Å². The van der Waals surface area contributed by atoms with Crippen molar-refractivity contribution in [1.82, 2.24) is 15.1 Å². The first-order chi connectivity index (χ1) is 16.0. The van der Waals surface area contributed by atoms with E-state index in [1.165, 1.54) is 36.1 Å². The molecule has 1 amide bonds. The predicted octanol–water partition coefficient (Wildman–Crippen LogP) is 2.28. The number of hydrogen-bond donors (Lipinski definition) is 1. The first-order valence-corrected chi connectivity index (χ1v) is 12.6. The summed E-state index contributed by atoms with van der Waals surface area (Å²) in [7, 11) is -3.34. The van der Waals surface area contributed by atoms with Gasteiger partial charge in [0, 0.05) is 12.0 Å². The molecule has 0 bridgehead atoms. The maximum atomic E-state index is 13.1. The molecule has 2 fully saturated rings. The molecule has 0 radical (unpaired) electrons. The number of ether oxygens (including phenoxy) is 1. The predicted molar refractivity (Wildman–Crippen MR) is 118 cm³/mol. The largest absolute Gasteiger partial charge is 0.389 e. The van der Waals surface area contributed by atoms with Crippen LogP contribution >= 0.6 is 11.3 Å². The van der Waals surface area contributed by atoms with Crippen LogP contribution in [0.1, 0.15) is 24.8 Å². The van der Waals surface area contributed by atoms with Gasteiger partial charge in [-0.25, -0.2) is 13.4 Å². The van der Waals surface area contributed by atoms with Gasteiger partial charge in [-0.1, -0.05) is 33.8 Å². The van der Waals surface area contributed by atoms with E-state index >= 15 is 0 Å². The Labute approximate surface area is 192 Å². The maximum absolute atomic E-state index is 13.1. The van der Waals surface area contributed by atoms with Gasteiger partial charge in [-0.3, -0.25) is 10.1 Å². The molecule has 2 aliphatic rings. The van der Waals surface area contributed by atoms with Crippen LogP contribution in [-0.4, -0.2) is 59.7 Å². The average Bonchev–Trinajstić information content (AvgIpc) is 3.20. The second-order valence-corrected chi connectivity index (χ2v) is 10.8. The van der Waals surface area contributed by atoms with Gasteiger partial charge in [0.05, 0.1) is 34.4 Å². The molecule has 13 heteroatoms. The summed E-state index contributed by atoms with van der Waals surface area (Å²) < 4.78 is 35.0. The number of sulfone groups is 1. The smallest absolute Gasteiger partial charge is 0.280 e. The van der Waals surface area contributed by atoms with Crippen LogP contribution < -0.4 is 5.32 Å².